The quantitative estimate of drug-likeness (QED) is 0.614. The molecule has 0 spiro atoms. The Bertz CT molecular complexity index is 125. The van der Waals surface area contributed by atoms with Gasteiger partial charge < -0.3 is 4.90 Å². The first kappa shape index (κ1) is 21.0. The first-order chi connectivity index (χ1) is 7.40. The monoisotopic (exact) mass is 229 g/mol. The molecular weight excluding hydrogens is 194 g/mol. The van der Waals surface area contributed by atoms with Crippen LogP contribution >= 0.6 is 0 Å². The van der Waals surface area contributed by atoms with Crippen LogP contribution in [0.1, 0.15) is 61.3 Å². The van der Waals surface area contributed by atoms with E-state index in [2.05, 4.69) is 67.0 Å². The van der Waals surface area contributed by atoms with Gasteiger partial charge in [-0.1, -0.05) is 60.1 Å². The second-order valence-electron chi connectivity index (χ2n) is 4.35. The van der Waals surface area contributed by atoms with Gasteiger partial charge in [-0.25, -0.2) is 0 Å². The Morgan fingerprint density at radius 3 is 1.38 bits per heavy atom. The molecule has 0 rings (SSSR count). The van der Waals surface area contributed by atoms with Crippen LogP contribution in [-0.2, 0) is 0 Å². The summed E-state index contributed by atoms with van der Waals surface area (Å²) in [5.41, 5.74) is 1.29. The molecule has 0 aliphatic heterocycles. The fourth-order valence-electron chi connectivity index (χ4n) is 0.572. The van der Waals surface area contributed by atoms with Gasteiger partial charge in [-0.15, -0.1) is 0 Å². The van der Waals surface area contributed by atoms with Gasteiger partial charge in [0.1, 0.15) is 0 Å². The molecule has 0 aromatic rings. The third kappa shape index (κ3) is 23.5. The maximum Gasteiger partial charge on any atom is -0.00504 e. The minimum atomic E-state index is 0.708. The second-order valence-corrected chi connectivity index (χ2v) is 4.35. The zero-order valence-corrected chi connectivity index (χ0v) is 13.1. The summed E-state index contributed by atoms with van der Waals surface area (Å²) >= 11 is 0. The highest BCUT2D eigenvalue weighted by Crippen LogP contribution is 2.09. The van der Waals surface area contributed by atoms with Crippen molar-refractivity contribution in [2.45, 2.75) is 61.3 Å². The lowest BCUT2D eigenvalue weighted by molar-refractivity contribution is 0.373. The van der Waals surface area contributed by atoms with Crippen LogP contribution in [0.5, 0.6) is 0 Å². The molecule has 0 N–H and O–H groups in total. The molecule has 100 valence electrons. The van der Waals surface area contributed by atoms with Crippen LogP contribution in [-0.4, -0.2) is 25.0 Å². The molecule has 0 aliphatic carbocycles. The molecule has 0 aliphatic rings. The highest BCUT2D eigenvalue weighted by Gasteiger charge is 1.94. The zero-order valence-electron chi connectivity index (χ0n) is 13.1. The lowest BCUT2D eigenvalue weighted by Gasteiger charge is -2.07. The molecule has 0 saturated carbocycles. The SMILES string of the molecule is C=C(C)[C@@H](C)CC.CCC.CCN(C)CC. The average molecular weight is 229 g/mol. The van der Waals surface area contributed by atoms with Crippen molar-refractivity contribution >= 4 is 0 Å². The number of allylic oxidation sites excluding steroid dienone is 1. The van der Waals surface area contributed by atoms with Crippen LogP contribution in [0, 0.1) is 5.92 Å². The van der Waals surface area contributed by atoms with Crippen molar-refractivity contribution in [1.29, 1.82) is 0 Å². The van der Waals surface area contributed by atoms with Crippen LogP contribution in [0.25, 0.3) is 0 Å². The summed E-state index contributed by atoms with van der Waals surface area (Å²) in [5.74, 6) is 0.708. The van der Waals surface area contributed by atoms with E-state index in [9.17, 15) is 0 Å². The molecule has 0 amide bonds. The van der Waals surface area contributed by atoms with Gasteiger partial charge in [0.05, 0.1) is 0 Å². The van der Waals surface area contributed by atoms with Crippen molar-refractivity contribution in [3.8, 4) is 0 Å². The van der Waals surface area contributed by atoms with Crippen LogP contribution in [0.15, 0.2) is 12.2 Å². The van der Waals surface area contributed by atoms with E-state index in [-0.39, 0.29) is 0 Å². The number of hydrogen-bond donors (Lipinski definition) is 0. The van der Waals surface area contributed by atoms with Crippen molar-refractivity contribution in [2.24, 2.45) is 5.92 Å². The number of nitrogens with zero attached hydrogens (tertiary/aromatic N) is 1. The molecule has 0 aromatic carbocycles. The van der Waals surface area contributed by atoms with Gasteiger partial charge in [-0.05, 0) is 39.4 Å². The minimum absolute atomic E-state index is 0.708. The van der Waals surface area contributed by atoms with Gasteiger partial charge >= 0.3 is 0 Å². The lowest BCUT2D eigenvalue weighted by Crippen LogP contribution is -2.15. The van der Waals surface area contributed by atoms with Crippen LogP contribution in [0.4, 0.5) is 0 Å². The first-order valence-corrected chi connectivity index (χ1v) is 6.74. The van der Waals surface area contributed by atoms with Gasteiger partial charge in [0.2, 0.25) is 0 Å². The molecule has 1 nitrogen and oxygen atoms in total. The summed E-state index contributed by atoms with van der Waals surface area (Å²) in [7, 11) is 2.11. The Labute approximate surface area is 105 Å². The van der Waals surface area contributed by atoms with Crippen LogP contribution < -0.4 is 0 Å². The van der Waals surface area contributed by atoms with E-state index in [1.807, 2.05) is 0 Å². The smallest absolute Gasteiger partial charge is 0.00504 e. The largest absolute Gasteiger partial charge is 0.307 e. The molecule has 0 unspecified atom stereocenters. The van der Waals surface area contributed by atoms with Gasteiger partial charge in [0.15, 0.2) is 0 Å². The first-order valence-electron chi connectivity index (χ1n) is 6.74. The average Bonchev–Trinajstić information content (AvgIpc) is 2.28. The topological polar surface area (TPSA) is 3.24 Å². The summed E-state index contributed by atoms with van der Waals surface area (Å²) < 4.78 is 0. The summed E-state index contributed by atoms with van der Waals surface area (Å²) in [6.45, 7) is 21.2. The molecule has 0 fully saturated rings. The fraction of sp³-hybridized carbons (Fsp3) is 0.867. The van der Waals surface area contributed by atoms with E-state index in [0.29, 0.717) is 5.92 Å². The standard InChI is InChI=1S/C7H14.C5H13N.C3H8/c1-5-7(4)6(2)3;1-4-6(3)5-2;1-3-2/h7H,2,5H2,1,3-4H3;4-5H2,1-3H3;3H2,1-2H3/t7-;;/m0../s1. The van der Waals surface area contributed by atoms with Crippen molar-refractivity contribution in [3.05, 3.63) is 12.2 Å². The van der Waals surface area contributed by atoms with Crippen molar-refractivity contribution in [3.63, 3.8) is 0 Å². The van der Waals surface area contributed by atoms with E-state index >= 15 is 0 Å². The maximum absolute atomic E-state index is 3.83. The molecule has 0 saturated heterocycles. The molecule has 0 aromatic heterocycles. The predicted octanol–water partition coefficient (Wildman–Crippen LogP) is 4.98. The normalized spacial score (nSPS) is 10.8. The predicted molar refractivity (Wildman–Crippen MR) is 79.1 cm³/mol. The molecule has 0 bridgehead atoms. The van der Waals surface area contributed by atoms with E-state index < -0.39 is 0 Å². The van der Waals surface area contributed by atoms with Crippen molar-refractivity contribution in [1.82, 2.24) is 4.90 Å². The highest BCUT2D eigenvalue weighted by molar-refractivity contribution is 4.92. The Kier molecular flexibility index (Phi) is 22.5. The van der Waals surface area contributed by atoms with E-state index in [1.54, 1.807) is 0 Å². The Morgan fingerprint density at radius 2 is 1.38 bits per heavy atom. The third-order valence-corrected chi connectivity index (χ3v) is 2.53. The van der Waals surface area contributed by atoms with Crippen LogP contribution in [0.3, 0.4) is 0 Å². The molecule has 1 heteroatoms. The van der Waals surface area contributed by atoms with E-state index in [0.717, 1.165) is 13.1 Å². The van der Waals surface area contributed by atoms with Gasteiger partial charge in [-0.2, -0.15) is 0 Å². The maximum atomic E-state index is 3.83. The number of hydrogen-bond acceptors (Lipinski definition) is 1. The van der Waals surface area contributed by atoms with Gasteiger partial charge in [0, 0.05) is 0 Å². The van der Waals surface area contributed by atoms with Gasteiger partial charge in [-0.3, -0.25) is 0 Å². The Morgan fingerprint density at radius 1 is 1.06 bits per heavy atom. The van der Waals surface area contributed by atoms with Crippen molar-refractivity contribution < 1.29 is 0 Å². The zero-order chi connectivity index (χ0) is 13.6. The molecule has 0 heterocycles. The molecule has 16 heavy (non-hydrogen) atoms. The van der Waals surface area contributed by atoms with Crippen LogP contribution in [0.2, 0.25) is 0 Å². The van der Waals surface area contributed by atoms with Gasteiger partial charge in [0.25, 0.3) is 0 Å². The molecular formula is C15H35N. The van der Waals surface area contributed by atoms with Crippen molar-refractivity contribution in [2.75, 3.05) is 20.1 Å². The highest BCUT2D eigenvalue weighted by atomic mass is 15.1. The third-order valence-electron chi connectivity index (χ3n) is 2.53. The number of rotatable bonds is 4. The fourth-order valence-corrected chi connectivity index (χ4v) is 0.572. The van der Waals surface area contributed by atoms with E-state index in [4.69, 9.17) is 0 Å². The summed E-state index contributed by atoms with van der Waals surface area (Å²) in [5, 5.41) is 0. The summed E-state index contributed by atoms with van der Waals surface area (Å²) in [6, 6.07) is 0. The Hall–Kier alpha value is -0.300. The lowest BCUT2D eigenvalue weighted by atomic mass is 10.0. The van der Waals surface area contributed by atoms with E-state index in [1.165, 1.54) is 18.4 Å². The summed E-state index contributed by atoms with van der Waals surface area (Å²) in [4.78, 5) is 2.25. The second kappa shape index (κ2) is 17.1. The Balaban J connectivity index is -0.000000172. The molecule has 1 atom stereocenters. The minimum Gasteiger partial charge on any atom is -0.307 e. The molecule has 0 radical (unpaired) electrons. The summed E-state index contributed by atoms with van der Waals surface area (Å²) in [6.07, 6.45) is 2.47.